The van der Waals surface area contributed by atoms with Crippen LogP contribution in [-0.2, 0) is 12.8 Å². The molecule has 0 fully saturated rings. The monoisotopic (exact) mass is 592 g/mol. The summed E-state index contributed by atoms with van der Waals surface area (Å²) in [5.74, 6) is 0. The summed E-state index contributed by atoms with van der Waals surface area (Å²) in [5.41, 5.74) is 12.5. The number of hydrogen-bond donors (Lipinski definition) is 0. The first kappa shape index (κ1) is 27.9. The highest BCUT2D eigenvalue weighted by atomic mass is 15.1. The van der Waals surface area contributed by atoms with Gasteiger partial charge in [0.15, 0.2) is 0 Å². The summed E-state index contributed by atoms with van der Waals surface area (Å²) in [6.07, 6.45) is 4.84. The molecule has 0 spiro atoms. The Morgan fingerprint density at radius 2 is 0.826 bits per heavy atom. The summed E-state index contributed by atoms with van der Waals surface area (Å²) in [6, 6.07) is 61.4. The molecule has 1 aliphatic carbocycles. The predicted octanol–water partition coefficient (Wildman–Crippen LogP) is 12.3. The third kappa shape index (κ3) is 5.33. The van der Waals surface area contributed by atoms with E-state index in [1.54, 1.807) is 0 Å². The molecule has 0 radical (unpaired) electrons. The van der Waals surface area contributed by atoms with Crippen molar-refractivity contribution in [3.63, 3.8) is 0 Å². The SMILES string of the molecule is c1ccc(N(c2ccc(-c3ccc(N(c4ccccc4)c4cccc5ccccc45)cc3)cc2)c2cccc3c2CCCC3)cc1. The van der Waals surface area contributed by atoms with Gasteiger partial charge >= 0.3 is 0 Å². The van der Waals surface area contributed by atoms with Crippen molar-refractivity contribution in [2.75, 3.05) is 9.80 Å². The smallest absolute Gasteiger partial charge is 0.0540 e. The molecule has 0 unspecified atom stereocenters. The summed E-state index contributed by atoms with van der Waals surface area (Å²) in [6.45, 7) is 0. The maximum Gasteiger partial charge on any atom is 0.0540 e. The summed E-state index contributed by atoms with van der Waals surface area (Å²) in [5, 5.41) is 2.47. The van der Waals surface area contributed by atoms with Crippen LogP contribution in [0.2, 0.25) is 0 Å². The molecule has 8 rings (SSSR count). The van der Waals surface area contributed by atoms with E-state index in [1.807, 2.05) is 0 Å². The molecule has 0 aliphatic heterocycles. The van der Waals surface area contributed by atoms with E-state index in [0.29, 0.717) is 0 Å². The quantitative estimate of drug-likeness (QED) is 0.182. The lowest BCUT2D eigenvalue weighted by Gasteiger charge is -2.30. The van der Waals surface area contributed by atoms with Gasteiger partial charge in [0.05, 0.1) is 5.69 Å². The first-order valence-corrected chi connectivity index (χ1v) is 16.3. The minimum atomic E-state index is 1.13. The van der Waals surface area contributed by atoms with Crippen LogP contribution in [0.25, 0.3) is 21.9 Å². The molecule has 2 heteroatoms. The number of para-hydroxylation sites is 2. The Balaban J connectivity index is 1.15. The lowest BCUT2D eigenvalue weighted by atomic mass is 9.90. The first-order chi connectivity index (χ1) is 22.8. The van der Waals surface area contributed by atoms with Gasteiger partial charge in [-0.05, 0) is 114 Å². The number of benzene rings is 7. The van der Waals surface area contributed by atoms with Gasteiger partial charge in [-0.25, -0.2) is 0 Å². The van der Waals surface area contributed by atoms with E-state index in [2.05, 4.69) is 180 Å². The maximum atomic E-state index is 2.43. The molecule has 46 heavy (non-hydrogen) atoms. The third-order valence-electron chi connectivity index (χ3n) is 9.23. The minimum absolute atomic E-state index is 1.13. The minimum Gasteiger partial charge on any atom is -0.310 e. The Hall–Kier alpha value is -5.60. The maximum absolute atomic E-state index is 2.43. The molecule has 7 aromatic carbocycles. The van der Waals surface area contributed by atoms with Crippen molar-refractivity contribution in [1.82, 2.24) is 0 Å². The van der Waals surface area contributed by atoms with Gasteiger partial charge in [-0.1, -0.05) is 109 Å². The molecule has 7 aromatic rings. The van der Waals surface area contributed by atoms with Crippen molar-refractivity contribution in [3.05, 3.63) is 181 Å². The fourth-order valence-electron chi connectivity index (χ4n) is 6.99. The average molecular weight is 593 g/mol. The van der Waals surface area contributed by atoms with Crippen LogP contribution in [0.3, 0.4) is 0 Å². The van der Waals surface area contributed by atoms with Crippen molar-refractivity contribution in [1.29, 1.82) is 0 Å². The normalized spacial score (nSPS) is 12.4. The van der Waals surface area contributed by atoms with E-state index in [0.717, 1.165) is 17.8 Å². The first-order valence-electron chi connectivity index (χ1n) is 16.3. The molecule has 222 valence electrons. The van der Waals surface area contributed by atoms with Crippen molar-refractivity contribution in [3.8, 4) is 11.1 Å². The molecule has 0 saturated heterocycles. The number of anilines is 6. The Morgan fingerprint density at radius 3 is 1.48 bits per heavy atom. The average Bonchev–Trinajstić information content (AvgIpc) is 3.14. The highest BCUT2D eigenvalue weighted by Gasteiger charge is 2.20. The summed E-state index contributed by atoms with van der Waals surface area (Å²) >= 11 is 0. The van der Waals surface area contributed by atoms with Gasteiger partial charge in [0.1, 0.15) is 0 Å². The highest BCUT2D eigenvalue weighted by Crippen LogP contribution is 2.42. The molecule has 0 saturated carbocycles. The molecule has 0 aromatic heterocycles. The standard InChI is InChI=1S/C44H36N2/c1-3-17-37(18-4-1)45(43-23-11-15-35-13-7-9-21-41(35)43)39-29-25-33(26-30-39)34-27-31-40(32-28-34)46(38-19-5-2-6-20-38)44-24-12-16-36-14-8-10-22-42(36)44/h1-7,9,11-13,15-21,23-32H,8,10,14,22H2. The topological polar surface area (TPSA) is 6.48 Å². The van der Waals surface area contributed by atoms with Gasteiger partial charge < -0.3 is 9.80 Å². The van der Waals surface area contributed by atoms with Gasteiger partial charge in [0, 0.05) is 33.8 Å². The van der Waals surface area contributed by atoms with E-state index in [9.17, 15) is 0 Å². The Kier molecular flexibility index (Phi) is 7.54. The molecular weight excluding hydrogens is 556 g/mol. The molecule has 1 aliphatic rings. The van der Waals surface area contributed by atoms with Crippen LogP contribution in [0.15, 0.2) is 170 Å². The largest absolute Gasteiger partial charge is 0.310 e. The molecule has 2 nitrogen and oxygen atoms in total. The van der Waals surface area contributed by atoms with Gasteiger partial charge in [0.2, 0.25) is 0 Å². The van der Waals surface area contributed by atoms with Crippen LogP contribution < -0.4 is 9.80 Å². The number of rotatable bonds is 7. The molecule has 0 heterocycles. The second kappa shape index (κ2) is 12.4. The van der Waals surface area contributed by atoms with E-state index >= 15 is 0 Å². The number of aryl methyl sites for hydroxylation is 1. The van der Waals surface area contributed by atoms with Crippen LogP contribution in [0.4, 0.5) is 34.1 Å². The fourth-order valence-corrected chi connectivity index (χ4v) is 6.99. The summed E-state index contributed by atoms with van der Waals surface area (Å²) in [7, 11) is 0. The van der Waals surface area contributed by atoms with Crippen LogP contribution in [0.1, 0.15) is 24.0 Å². The zero-order valence-electron chi connectivity index (χ0n) is 25.9. The Labute approximate surface area is 271 Å². The van der Waals surface area contributed by atoms with Crippen LogP contribution in [0.5, 0.6) is 0 Å². The van der Waals surface area contributed by atoms with Crippen molar-refractivity contribution in [2.45, 2.75) is 25.7 Å². The van der Waals surface area contributed by atoms with Gasteiger partial charge in [0.25, 0.3) is 0 Å². The second-order valence-electron chi connectivity index (χ2n) is 12.1. The number of nitrogens with zero attached hydrogens (tertiary/aromatic N) is 2. The molecular formula is C44H36N2. The number of fused-ring (bicyclic) bond motifs is 2. The van der Waals surface area contributed by atoms with E-state index in [-0.39, 0.29) is 0 Å². The second-order valence-corrected chi connectivity index (χ2v) is 12.1. The predicted molar refractivity (Wildman–Crippen MR) is 195 cm³/mol. The lowest BCUT2D eigenvalue weighted by molar-refractivity contribution is 0.686. The zero-order chi connectivity index (χ0) is 30.7. The van der Waals surface area contributed by atoms with Crippen molar-refractivity contribution >= 4 is 44.9 Å². The Bertz CT molecular complexity index is 2080. The van der Waals surface area contributed by atoms with Crippen LogP contribution in [0, 0.1) is 0 Å². The van der Waals surface area contributed by atoms with Gasteiger partial charge in [-0.15, -0.1) is 0 Å². The van der Waals surface area contributed by atoms with E-state index in [1.165, 1.54) is 75.0 Å². The molecule has 0 amide bonds. The molecule has 0 bridgehead atoms. The Morgan fingerprint density at radius 1 is 0.348 bits per heavy atom. The van der Waals surface area contributed by atoms with Gasteiger partial charge in [-0.3, -0.25) is 0 Å². The van der Waals surface area contributed by atoms with E-state index < -0.39 is 0 Å². The third-order valence-corrected chi connectivity index (χ3v) is 9.23. The number of hydrogen-bond acceptors (Lipinski definition) is 2. The van der Waals surface area contributed by atoms with Crippen molar-refractivity contribution < 1.29 is 0 Å². The van der Waals surface area contributed by atoms with Crippen LogP contribution >= 0.6 is 0 Å². The highest BCUT2D eigenvalue weighted by molar-refractivity contribution is 5.99. The zero-order valence-corrected chi connectivity index (χ0v) is 25.9. The van der Waals surface area contributed by atoms with Crippen molar-refractivity contribution in [2.24, 2.45) is 0 Å². The lowest BCUT2D eigenvalue weighted by Crippen LogP contribution is -2.15. The molecule has 0 atom stereocenters. The van der Waals surface area contributed by atoms with Crippen LogP contribution in [-0.4, -0.2) is 0 Å². The summed E-state index contributed by atoms with van der Waals surface area (Å²) in [4.78, 5) is 4.78. The van der Waals surface area contributed by atoms with Gasteiger partial charge in [-0.2, -0.15) is 0 Å². The summed E-state index contributed by atoms with van der Waals surface area (Å²) < 4.78 is 0. The fraction of sp³-hybridized carbons (Fsp3) is 0.0909. The molecule has 0 N–H and O–H groups in total. The van der Waals surface area contributed by atoms with E-state index in [4.69, 9.17) is 0 Å².